The monoisotopic (exact) mass is 277 g/mol. The van der Waals surface area contributed by atoms with Crippen molar-refractivity contribution in [2.45, 2.75) is 32.2 Å². The topological polar surface area (TPSA) is 84.3 Å². The molecule has 108 valence electrons. The van der Waals surface area contributed by atoms with Crippen LogP contribution in [0.2, 0.25) is 0 Å². The lowest BCUT2D eigenvalue weighted by Gasteiger charge is -2.11. The summed E-state index contributed by atoms with van der Waals surface area (Å²) < 4.78 is 0. The molecule has 1 fully saturated rings. The summed E-state index contributed by atoms with van der Waals surface area (Å²) in [5, 5.41) is 17.0. The van der Waals surface area contributed by atoms with Crippen LogP contribution in [0.25, 0.3) is 0 Å². The fourth-order valence-corrected chi connectivity index (χ4v) is 2.46. The van der Waals surface area contributed by atoms with Crippen LogP contribution in [0.15, 0.2) is 18.2 Å². The van der Waals surface area contributed by atoms with Gasteiger partial charge in [-0.3, -0.25) is 14.9 Å². The average molecular weight is 277 g/mol. The van der Waals surface area contributed by atoms with Crippen LogP contribution < -0.4 is 10.6 Å². The van der Waals surface area contributed by atoms with E-state index in [4.69, 9.17) is 0 Å². The molecule has 1 heterocycles. The van der Waals surface area contributed by atoms with Crippen molar-refractivity contribution in [3.8, 4) is 0 Å². The van der Waals surface area contributed by atoms with Crippen molar-refractivity contribution in [3.63, 3.8) is 0 Å². The lowest BCUT2D eigenvalue weighted by Crippen LogP contribution is -2.30. The predicted octanol–water partition coefficient (Wildman–Crippen LogP) is 1.78. The number of nitro groups is 1. The summed E-state index contributed by atoms with van der Waals surface area (Å²) in [7, 11) is 0. The smallest absolute Gasteiger partial charge is 0.270 e. The molecule has 1 aromatic carbocycles. The van der Waals surface area contributed by atoms with Crippen LogP contribution in [-0.4, -0.2) is 30.0 Å². The van der Waals surface area contributed by atoms with Gasteiger partial charge in [-0.1, -0.05) is 0 Å². The number of nitrogens with one attached hydrogen (secondary N) is 2. The van der Waals surface area contributed by atoms with Crippen molar-refractivity contribution in [1.82, 2.24) is 10.6 Å². The van der Waals surface area contributed by atoms with Crippen LogP contribution in [0.1, 0.15) is 35.2 Å². The van der Waals surface area contributed by atoms with E-state index in [1.807, 2.05) is 0 Å². The van der Waals surface area contributed by atoms with Crippen molar-refractivity contribution in [2.75, 3.05) is 13.1 Å². The molecule has 1 unspecified atom stereocenters. The van der Waals surface area contributed by atoms with Gasteiger partial charge in [-0.2, -0.15) is 0 Å². The second-order valence-electron chi connectivity index (χ2n) is 5.15. The van der Waals surface area contributed by atoms with Gasteiger partial charge in [0.15, 0.2) is 0 Å². The summed E-state index contributed by atoms with van der Waals surface area (Å²) in [4.78, 5) is 22.3. The number of benzene rings is 1. The van der Waals surface area contributed by atoms with Crippen LogP contribution in [0, 0.1) is 17.0 Å². The number of aryl methyl sites for hydroxylation is 1. The Bertz CT molecular complexity index is 510. The molecular weight excluding hydrogens is 258 g/mol. The van der Waals surface area contributed by atoms with Crippen molar-refractivity contribution >= 4 is 11.6 Å². The molecule has 1 aliphatic rings. The van der Waals surface area contributed by atoms with Crippen molar-refractivity contribution in [3.05, 3.63) is 39.4 Å². The van der Waals surface area contributed by atoms with Crippen LogP contribution in [0.3, 0.4) is 0 Å². The third-order valence-corrected chi connectivity index (χ3v) is 3.48. The molecule has 2 N–H and O–H groups in total. The Morgan fingerprint density at radius 2 is 2.30 bits per heavy atom. The van der Waals surface area contributed by atoms with E-state index in [0.717, 1.165) is 19.4 Å². The minimum Gasteiger partial charge on any atom is -0.352 e. The van der Waals surface area contributed by atoms with Crippen LogP contribution in [0.5, 0.6) is 0 Å². The van der Waals surface area contributed by atoms with E-state index in [2.05, 4.69) is 10.6 Å². The number of nitro benzene ring substituents is 1. The number of amides is 1. The van der Waals surface area contributed by atoms with Gasteiger partial charge in [0.2, 0.25) is 0 Å². The highest BCUT2D eigenvalue weighted by Gasteiger charge is 2.15. The fraction of sp³-hybridized carbons (Fsp3) is 0.500. The first-order valence-electron chi connectivity index (χ1n) is 6.84. The zero-order valence-electron chi connectivity index (χ0n) is 11.5. The lowest BCUT2D eigenvalue weighted by molar-refractivity contribution is -0.384. The fourth-order valence-electron chi connectivity index (χ4n) is 2.46. The summed E-state index contributed by atoms with van der Waals surface area (Å²) in [6.45, 7) is 3.37. The Morgan fingerprint density at radius 3 is 2.95 bits per heavy atom. The van der Waals surface area contributed by atoms with Crippen molar-refractivity contribution in [2.24, 2.45) is 0 Å². The molecule has 1 amide bonds. The molecule has 0 aliphatic carbocycles. The summed E-state index contributed by atoms with van der Waals surface area (Å²) in [6, 6.07) is 4.91. The van der Waals surface area contributed by atoms with Gasteiger partial charge in [0.25, 0.3) is 11.6 Å². The molecule has 1 saturated heterocycles. The third kappa shape index (κ3) is 3.77. The zero-order chi connectivity index (χ0) is 14.5. The third-order valence-electron chi connectivity index (χ3n) is 3.48. The van der Waals surface area contributed by atoms with Gasteiger partial charge < -0.3 is 10.6 Å². The molecule has 0 bridgehead atoms. The SMILES string of the molecule is Cc1cc(C(=O)NCCC2CCCN2)cc([N+](=O)[O-])c1. The molecule has 2 rings (SSSR count). The van der Waals surface area contributed by atoms with E-state index in [0.29, 0.717) is 23.7 Å². The molecule has 20 heavy (non-hydrogen) atoms. The number of nitrogens with zero attached hydrogens (tertiary/aromatic N) is 1. The highest BCUT2D eigenvalue weighted by Crippen LogP contribution is 2.16. The van der Waals surface area contributed by atoms with Gasteiger partial charge in [0, 0.05) is 30.3 Å². The van der Waals surface area contributed by atoms with E-state index in [1.54, 1.807) is 13.0 Å². The Hall–Kier alpha value is -1.95. The number of rotatable bonds is 5. The molecule has 0 saturated carbocycles. The van der Waals surface area contributed by atoms with Crippen molar-refractivity contribution < 1.29 is 9.72 Å². The molecule has 1 aliphatic heterocycles. The maximum atomic E-state index is 12.0. The Kier molecular flexibility index (Phi) is 4.68. The standard InChI is InChI=1S/C14H19N3O3/c1-10-7-11(9-13(8-10)17(19)20)14(18)16-6-4-12-3-2-5-15-12/h7-9,12,15H,2-6H2,1H3,(H,16,18). The second kappa shape index (κ2) is 6.47. The highest BCUT2D eigenvalue weighted by molar-refractivity contribution is 5.95. The summed E-state index contributed by atoms with van der Waals surface area (Å²) >= 11 is 0. The molecule has 6 nitrogen and oxygen atoms in total. The van der Waals surface area contributed by atoms with Gasteiger partial charge in [-0.15, -0.1) is 0 Å². The first-order valence-corrected chi connectivity index (χ1v) is 6.84. The number of hydrogen-bond acceptors (Lipinski definition) is 4. The highest BCUT2D eigenvalue weighted by atomic mass is 16.6. The first kappa shape index (κ1) is 14.5. The number of carbonyl (C=O) groups is 1. The summed E-state index contributed by atoms with van der Waals surface area (Å²) in [6.07, 6.45) is 3.22. The van der Waals surface area contributed by atoms with Crippen LogP contribution in [0.4, 0.5) is 5.69 Å². The number of carbonyl (C=O) groups excluding carboxylic acids is 1. The van der Waals surface area contributed by atoms with Gasteiger partial charge in [0.05, 0.1) is 4.92 Å². The Labute approximate surface area is 117 Å². The van der Waals surface area contributed by atoms with Crippen LogP contribution in [-0.2, 0) is 0 Å². The van der Waals surface area contributed by atoms with Crippen LogP contribution >= 0.6 is 0 Å². The predicted molar refractivity (Wildman–Crippen MR) is 75.8 cm³/mol. The van der Waals surface area contributed by atoms with E-state index >= 15 is 0 Å². The largest absolute Gasteiger partial charge is 0.352 e. The lowest BCUT2D eigenvalue weighted by atomic mass is 10.1. The minimum absolute atomic E-state index is 0.0485. The molecule has 0 radical (unpaired) electrons. The average Bonchev–Trinajstić information content (AvgIpc) is 2.91. The molecule has 1 aromatic rings. The zero-order valence-corrected chi connectivity index (χ0v) is 11.5. The van der Waals surface area contributed by atoms with Gasteiger partial charge in [0.1, 0.15) is 0 Å². The molecule has 6 heteroatoms. The van der Waals surface area contributed by atoms with E-state index < -0.39 is 4.92 Å². The molecular formula is C14H19N3O3. The molecule has 0 spiro atoms. The van der Waals surface area contributed by atoms with E-state index in [-0.39, 0.29) is 11.6 Å². The van der Waals surface area contributed by atoms with Gasteiger partial charge >= 0.3 is 0 Å². The normalized spacial score (nSPS) is 17.9. The van der Waals surface area contributed by atoms with Crippen molar-refractivity contribution in [1.29, 1.82) is 0 Å². The maximum Gasteiger partial charge on any atom is 0.270 e. The Morgan fingerprint density at radius 1 is 1.50 bits per heavy atom. The first-order chi connectivity index (χ1) is 9.56. The number of hydrogen-bond donors (Lipinski definition) is 2. The quantitative estimate of drug-likeness (QED) is 0.634. The molecule has 1 atom stereocenters. The summed E-state index contributed by atoms with van der Waals surface area (Å²) in [5.74, 6) is -0.255. The van der Waals surface area contributed by atoms with Gasteiger partial charge in [-0.25, -0.2) is 0 Å². The van der Waals surface area contributed by atoms with E-state index in [9.17, 15) is 14.9 Å². The van der Waals surface area contributed by atoms with E-state index in [1.165, 1.54) is 18.6 Å². The Balaban J connectivity index is 1.92. The molecule has 0 aromatic heterocycles. The summed E-state index contributed by atoms with van der Waals surface area (Å²) in [5.41, 5.74) is 1.01. The maximum absolute atomic E-state index is 12.0. The second-order valence-corrected chi connectivity index (χ2v) is 5.15. The number of non-ortho nitro benzene ring substituents is 1. The van der Waals surface area contributed by atoms with Gasteiger partial charge in [-0.05, 0) is 44.4 Å². The minimum atomic E-state index is -0.480.